The normalized spacial score (nSPS) is 16.4. The summed E-state index contributed by atoms with van der Waals surface area (Å²) in [5, 5.41) is 3.82. The fourth-order valence-electron chi connectivity index (χ4n) is 4.90. The lowest BCUT2D eigenvalue weighted by Crippen LogP contribution is -2.25. The van der Waals surface area contributed by atoms with Crippen molar-refractivity contribution >= 4 is 33.5 Å². The van der Waals surface area contributed by atoms with Crippen molar-refractivity contribution < 1.29 is 18.1 Å². The molecule has 1 aliphatic rings. The summed E-state index contributed by atoms with van der Waals surface area (Å²) >= 11 is 0. The number of hydrogen-bond donors (Lipinski definition) is 1. The minimum atomic E-state index is -1.40. The lowest BCUT2D eigenvalue weighted by molar-refractivity contribution is 0.0150. The summed E-state index contributed by atoms with van der Waals surface area (Å²) < 4.78 is 40.0. The molecule has 210 valence electrons. The standard InChI is InChI=1S/C30H33FN4O4S/c1-19(2)35-28-21(16-25(29(35)36)24-12-11-23(17-26(24)31)40(37)15-14-38-3)18-32-30(34-28)33-22-9-7-20(8-10-22)27-6-4-5-13-39-27/h7-12,16-19,27H,4-6,13-15H2,1-3H3,(H,32,33,34). The molecule has 4 aromatic rings. The maximum Gasteiger partial charge on any atom is 0.260 e. The van der Waals surface area contributed by atoms with Crippen LogP contribution in [-0.4, -0.2) is 44.8 Å². The second kappa shape index (κ2) is 12.4. The van der Waals surface area contributed by atoms with Gasteiger partial charge in [-0.2, -0.15) is 4.98 Å². The first-order valence-corrected chi connectivity index (χ1v) is 14.8. The molecule has 2 atom stereocenters. The Bertz CT molecular complexity index is 1580. The third-order valence-corrected chi connectivity index (χ3v) is 8.29. The highest BCUT2D eigenvalue weighted by molar-refractivity contribution is 7.85. The third kappa shape index (κ3) is 5.99. The van der Waals surface area contributed by atoms with Crippen LogP contribution in [0.1, 0.15) is 50.8 Å². The SMILES string of the molecule is COCCS(=O)c1ccc(-c2cc3cnc(Nc4ccc(C5CCCCO5)cc4)nc3n(C(C)C)c2=O)c(F)c1. The van der Waals surface area contributed by atoms with E-state index in [2.05, 4.69) is 15.3 Å². The van der Waals surface area contributed by atoms with Crippen LogP contribution in [0.5, 0.6) is 0 Å². The van der Waals surface area contributed by atoms with Crippen molar-refractivity contribution in [1.82, 2.24) is 14.5 Å². The summed E-state index contributed by atoms with van der Waals surface area (Å²) in [5.41, 5.74) is 2.38. The first kappa shape index (κ1) is 28.1. The van der Waals surface area contributed by atoms with E-state index >= 15 is 4.39 Å². The molecule has 40 heavy (non-hydrogen) atoms. The monoisotopic (exact) mass is 564 g/mol. The van der Waals surface area contributed by atoms with Crippen LogP contribution < -0.4 is 10.9 Å². The van der Waals surface area contributed by atoms with E-state index in [0.29, 0.717) is 28.5 Å². The fraction of sp³-hybridized carbons (Fsp3) is 0.367. The molecule has 3 heterocycles. The van der Waals surface area contributed by atoms with Crippen LogP contribution in [0.4, 0.5) is 16.0 Å². The molecule has 0 amide bonds. The predicted octanol–water partition coefficient (Wildman–Crippen LogP) is 5.92. The van der Waals surface area contributed by atoms with Crippen LogP contribution in [0.25, 0.3) is 22.2 Å². The molecule has 10 heteroatoms. The van der Waals surface area contributed by atoms with Crippen LogP contribution in [0, 0.1) is 5.82 Å². The zero-order valence-electron chi connectivity index (χ0n) is 22.9. The summed E-state index contributed by atoms with van der Waals surface area (Å²) in [6, 6.07) is 13.7. The van der Waals surface area contributed by atoms with Crippen LogP contribution in [0.3, 0.4) is 0 Å². The number of rotatable bonds is 9. The highest BCUT2D eigenvalue weighted by Crippen LogP contribution is 2.30. The van der Waals surface area contributed by atoms with Crippen molar-refractivity contribution in [3.05, 3.63) is 76.5 Å². The van der Waals surface area contributed by atoms with Crippen LogP contribution in [-0.2, 0) is 20.3 Å². The van der Waals surface area contributed by atoms with Crippen molar-refractivity contribution in [2.24, 2.45) is 0 Å². The van der Waals surface area contributed by atoms with Gasteiger partial charge in [0.05, 0.1) is 34.8 Å². The van der Waals surface area contributed by atoms with E-state index in [0.717, 1.165) is 30.7 Å². The molecule has 0 radical (unpaired) electrons. The molecule has 1 aliphatic heterocycles. The Hall–Kier alpha value is -3.47. The lowest BCUT2D eigenvalue weighted by atomic mass is 10.0. The molecule has 2 unspecified atom stereocenters. The Balaban J connectivity index is 1.46. The number of nitrogens with one attached hydrogen (secondary N) is 1. The molecule has 0 spiro atoms. The molecule has 2 aromatic carbocycles. The molecule has 1 N–H and O–H groups in total. The molecule has 0 saturated carbocycles. The van der Waals surface area contributed by atoms with Gasteiger partial charge in [-0.25, -0.2) is 9.37 Å². The number of anilines is 2. The van der Waals surface area contributed by atoms with E-state index in [1.54, 1.807) is 22.9 Å². The van der Waals surface area contributed by atoms with Gasteiger partial charge in [0.2, 0.25) is 5.95 Å². The number of hydrogen-bond acceptors (Lipinski definition) is 7. The van der Waals surface area contributed by atoms with Crippen molar-refractivity contribution in [1.29, 1.82) is 0 Å². The number of halogens is 1. The summed E-state index contributed by atoms with van der Waals surface area (Å²) in [4.78, 5) is 23.1. The van der Waals surface area contributed by atoms with Crippen LogP contribution >= 0.6 is 0 Å². The van der Waals surface area contributed by atoms with Gasteiger partial charge in [0.25, 0.3) is 5.56 Å². The first-order valence-electron chi connectivity index (χ1n) is 13.4. The van der Waals surface area contributed by atoms with E-state index in [9.17, 15) is 9.00 Å². The Morgan fingerprint density at radius 2 is 1.95 bits per heavy atom. The smallest absolute Gasteiger partial charge is 0.260 e. The molecule has 8 nitrogen and oxygen atoms in total. The first-order chi connectivity index (χ1) is 19.4. The zero-order valence-corrected chi connectivity index (χ0v) is 23.7. The van der Waals surface area contributed by atoms with Gasteiger partial charge in [0.1, 0.15) is 11.5 Å². The van der Waals surface area contributed by atoms with Gasteiger partial charge in [-0.05, 0) is 69.0 Å². The number of benzene rings is 2. The minimum Gasteiger partial charge on any atom is -0.384 e. The predicted molar refractivity (Wildman–Crippen MR) is 155 cm³/mol. The number of fused-ring (bicyclic) bond motifs is 1. The summed E-state index contributed by atoms with van der Waals surface area (Å²) in [5.74, 6) is -0.000775. The Kier molecular flexibility index (Phi) is 8.68. The second-order valence-corrected chi connectivity index (χ2v) is 11.7. The fourth-order valence-corrected chi connectivity index (χ4v) is 5.91. The maximum atomic E-state index is 15.2. The summed E-state index contributed by atoms with van der Waals surface area (Å²) in [6.07, 6.45) is 5.06. The molecular weight excluding hydrogens is 531 g/mol. The summed E-state index contributed by atoms with van der Waals surface area (Å²) in [6.45, 7) is 4.86. The molecule has 1 fully saturated rings. The van der Waals surface area contributed by atoms with E-state index < -0.39 is 16.6 Å². The Morgan fingerprint density at radius 3 is 2.62 bits per heavy atom. The molecular formula is C30H33FN4O4S. The van der Waals surface area contributed by atoms with Gasteiger partial charge in [0, 0.05) is 47.5 Å². The van der Waals surface area contributed by atoms with Gasteiger partial charge in [0.15, 0.2) is 0 Å². The average molecular weight is 565 g/mol. The maximum absolute atomic E-state index is 15.2. The topological polar surface area (TPSA) is 95.3 Å². The number of methoxy groups -OCH3 is 1. The highest BCUT2D eigenvalue weighted by Gasteiger charge is 2.19. The van der Waals surface area contributed by atoms with Crippen molar-refractivity contribution in [2.45, 2.75) is 50.2 Å². The van der Waals surface area contributed by atoms with E-state index in [4.69, 9.17) is 9.47 Å². The lowest BCUT2D eigenvalue weighted by Gasteiger charge is -2.23. The average Bonchev–Trinajstić information content (AvgIpc) is 2.96. The van der Waals surface area contributed by atoms with Crippen molar-refractivity contribution in [3.8, 4) is 11.1 Å². The molecule has 2 aromatic heterocycles. The highest BCUT2D eigenvalue weighted by atomic mass is 32.2. The minimum absolute atomic E-state index is 0.133. The Morgan fingerprint density at radius 1 is 1.15 bits per heavy atom. The van der Waals surface area contributed by atoms with Gasteiger partial charge < -0.3 is 14.8 Å². The number of aromatic nitrogens is 3. The summed E-state index contributed by atoms with van der Waals surface area (Å²) in [7, 11) is 0.120. The van der Waals surface area contributed by atoms with Crippen LogP contribution in [0.2, 0.25) is 0 Å². The van der Waals surface area contributed by atoms with Gasteiger partial charge >= 0.3 is 0 Å². The molecule has 0 bridgehead atoms. The van der Waals surface area contributed by atoms with Crippen LogP contribution in [0.15, 0.2) is 64.4 Å². The molecule has 5 rings (SSSR count). The molecule has 1 saturated heterocycles. The van der Waals surface area contributed by atoms with Gasteiger partial charge in [-0.3, -0.25) is 13.6 Å². The van der Waals surface area contributed by atoms with Crippen molar-refractivity contribution in [2.75, 3.05) is 31.4 Å². The van der Waals surface area contributed by atoms with Crippen molar-refractivity contribution in [3.63, 3.8) is 0 Å². The van der Waals surface area contributed by atoms with E-state index in [1.165, 1.54) is 25.7 Å². The second-order valence-electron chi connectivity index (χ2n) is 10.1. The largest absolute Gasteiger partial charge is 0.384 e. The quantitative estimate of drug-likeness (QED) is 0.270. The zero-order chi connectivity index (χ0) is 28.2. The number of pyridine rings is 1. The Labute approximate surface area is 235 Å². The van der Waals surface area contributed by atoms with Gasteiger partial charge in [-0.1, -0.05) is 18.2 Å². The molecule has 0 aliphatic carbocycles. The number of nitrogens with zero attached hydrogens (tertiary/aromatic N) is 3. The number of ether oxygens (including phenoxy) is 2. The van der Waals surface area contributed by atoms with Gasteiger partial charge in [-0.15, -0.1) is 0 Å². The third-order valence-electron chi connectivity index (χ3n) is 6.97. The van der Waals surface area contributed by atoms with E-state index in [1.807, 2.05) is 38.1 Å². The van der Waals surface area contributed by atoms with E-state index in [-0.39, 0.29) is 34.6 Å².